The van der Waals surface area contributed by atoms with Crippen molar-refractivity contribution in [3.05, 3.63) is 102 Å². The van der Waals surface area contributed by atoms with E-state index in [4.69, 9.17) is 9.47 Å². The first-order valence-corrected chi connectivity index (χ1v) is 11.8. The molecule has 0 atom stereocenters. The van der Waals surface area contributed by atoms with E-state index in [1.807, 2.05) is 42.5 Å². The Morgan fingerprint density at radius 3 is 2.29 bits per heavy atom. The third-order valence-corrected chi connectivity index (χ3v) is 5.54. The molecule has 0 spiro atoms. The monoisotopic (exact) mass is 451 g/mol. The molecule has 34 heavy (non-hydrogen) atoms. The molecule has 0 fully saturated rings. The quantitative estimate of drug-likeness (QED) is 0.107. The van der Waals surface area contributed by atoms with Gasteiger partial charge in [-0.2, -0.15) is 0 Å². The molecule has 4 aromatic carbocycles. The number of aliphatic imine (C=N–C) groups is 1. The van der Waals surface area contributed by atoms with E-state index in [1.165, 1.54) is 24.6 Å². The molecule has 172 valence electrons. The molecule has 4 rings (SSSR count). The molecule has 0 saturated carbocycles. The summed E-state index contributed by atoms with van der Waals surface area (Å²) in [5.41, 5.74) is 2.30. The van der Waals surface area contributed by atoms with E-state index < -0.39 is 5.97 Å². The van der Waals surface area contributed by atoms with Crippen LogP contribution in [0.2, 0.25) is 0 Å². The second-order valence-corrected chi connectivity index (χ2v) is 8.18. The van der Waals surface area contributed by atoms with Crippen LogP contribution in [0.25, 0.3) is 10.8 Å². The predicted molar refractivity (Wildman–Crippen MR) is 139 cm³/mol. The van der Waals surface area contributed by atoms with Crippen LogP contribution in [0.3, 0.4) is 0 Å². The summed E-state index contributed by atoms with van der Waals surface area (Å²) in [6.45, 7) is 2.88. The molecule has 0 aliphatic heterocycles. The van der Waals surface area contributed by atoms with E-state index in [0.717, 1.165) is 28.8 Å². The summed E-state index contributed by atoms with van der Waals surface area (Å²) in [4.78, 5) is 17.0. The Balaban J connectivity index is 1.30. The van der Waals surface area contributed by atoms with Crippen LogP contribution in [-0.2, 0) is 0 Å². The van der Waals surface area contributed by atoms with Gasteiger partial charge in [-0.05, 0) is 83.4 Å². The summed E-state index contributed by atoms with van der Waals surface area (Å²) in [6.07, 6.45) is 6.46. The number of unbranched alkanes of at least 4 members (excludes halogenated alkanes) is 3. The average molecular weight is 452 g/mol. The largest absolute Gasteiger partial charge is 0.494 e. The van der Waals surface area contributed by atoms with E-state index in [-0.39, 0.29) is 0 Å². The van der Waals surface area contributed by atoms with Crippen LogP contribution >= 0.6 is 0 Å². The fraction of sp³-hybridized carbons (Fsp3) is 0.200. The summed E-state index contributed by atoms with van der Waals surface area (Å²) in [6, 6.07) is 28.7. The van der Waals surface area contributed by atoms with Crippen LogP contribution in [0.1, 0.15) is 48.5 Å². The van der Waals surface area contributed by atoms with Crippen LogP contribution in [0.15, 0.2) is 96.0 Å². The maximum absolute atomic E-state index is 12.5. The van der Waals surface area contributed by atoms with E-state index in [9.17, 15) is 4.79 Å². The van der Waals surface area contributed by atoms with E-state index in [1.54, 1.807) is 30.5 Å². The lowest BCUT2D eigenvalue weighted by Crippen LogP contribution is -2.08. The summed E-state index contributed by atoms with van der Waals surface area (Å²) < 4.78 is 11.2. The van der Waals surface area contributed by atoms with Crippen LogP contribution in [0.5, 0.6) is 11.5 Å². The van der Waals surface area contributed by atoms with Gasteiger partial charge in [0.05, 0.1) is 17.9 Å². The minimum atomic E-state index is -0.396. The van der Waals surface area contributed by atoms with Gasteiger partial charge in [0.15, 0.2) is 0 Å². The van der Waals surface area contributed by atoms with Gasteiger partial charge in [0.2, 0.25) is 0 Å². The Kier molecular flexibility index (Phi) is 8.07. The normalized spacial score (nSPS) is 11.1. The minimum absolute atomic E-state index is 0.396. The van der Waals surface area contributed by atoms with Crippen LogP contribution < -0.4 is 9.47 Å². The van der Waals surface area contributed by atoms with Crippen LogP contribution in [-0.4, -0.2) is 18.8 Å². The minimum Gasteiger partial charge on any atom is -0.494 e. The highest BCUT2D eigenvalue weighted by molar-refractivity contribution is 5.91. The molecule has 4 aromatic rings. The maximum atomic E-state index is 12.5. The first-order valence-electron chi connectivity index (χ1n) is 11.8. The summed E-state index contributed by atoms with van der Waals surface area (Å²) >= 11 is 0. The lowest BCUT2D eigenvalue weighted by atomic mass is 10.1. The molecule has 0 N–H and O–H groups in total. The standard InChI is InChI=1S/C30H29NO3/c1-2-3-4-7-20-33-28-18-13-25(14-19-28)30(32)34-29-16-10-23(11-17-29)22-31-27-15-12-24-8-5-6-9-26(24)21-27/h5-6,8-19,21-22H,2-4,7,20H2,1H3. The zero-order valence-corrected chi connectivity index (χ0v) is 19.4. The lowest BCUT2D eigenvalue weighted by molar-refractivity contribution is 0.0734. The number of benzene rings is 4. The van der Waals surface area contributed by atoms with Gasteiger partial charge in [-0.15, -0.1) is 0 Å². The SMILES string of the molecule is CCCCCCOc1ccc(C(=O)Oc2ccc(C=Nc3ccc4ccccc4c3)cc2)cc1. The molecule has 0 aliphatic rings. The highest BCUT2D eigenvalue weighted by Crippen LogP contribution is 2.21. The third-order valence-electron chi connectivity index (χ3n) is 5.54. The van der Waals surface area contributed by atoms with Gasteiger partial charge < -0.3 is 9.47 Å². The van der Waals surface area contributed by atoms with Crippen molar-refractivity contribution in [2.45, 2.75) is 32.6 Å². The van der Waals surface area contributed by atoms with Crippen molar-refractivity contribution >= 4 is 28.6 Å². The van der Waals surface area contributed by atoms with Gasteiger partial charge in [-0.1, -0.05) is 56.5 Å². The van der Waals surface area contributed by atoms with Gasteiger partial charge in [-0.3, -0.25) is 4.99 Å². The number of fused-ring (bicyclic) bond motifs is 1. The van der Waals surface area contributed by atoms with Gasteiger partial charge in [0.1, 0.15) is 11.5 Å². The van der Waals surface area contributed by atoms with E-state index >= 15 is 0 Å². The second-order valence-electron chi connectivity index (χ2n) is 8.18. The maximum Gasteiger partial charge on any atom is 0.343 e. The molecule has 4 nitrogen and oxygen atoms in total. The van der Waals surface area contributed by atoms with Crippen molar-refractivity contribution in [2.75, 3.05) is 6.61 Å². The van der Waals surface area contributed by atoms with Crippen molar-refractivity contribution in [3.8, 4) is 11.5 Å². The number of ether oxygens (including phenoxy) is 2. The number of carbonyl (C=O) groups excluding carboxylic acids is 1. The molecule has 4 heteroatoms. The highest BCUT2D eigenvalue weighted by Gasteiger charge is 2.09. The Hall–Kier alpha value is -3.92. The van der Waals surface area contributed by atoms with Crippen molar-refractivity contribution < 1.29 is 14.3 Å². The van der Waals surface area contributed by atoms with Crippen molar-refractivity contribution in [2.24, 2.45) is 4.99 Å². The van der Waals surface area contributed by atoms with Crippen LogP contribution in [0.4, 0.5) is 5.69 Å². The third kappa shape index (κ3) is 6.55. The number of hydrogen-bond acceptors (Lipinski definition) is 4. The number of rotatable bonds is 10. The molecule has 0 radical (unpaired) electrons. The van der Waals surface area contributed by atoms with Crippen molar-refractivity contribution in [1.29, 1.82) is 0 Å². The number of esters is 1. The average Bonchev–Trinajstić information content (AvgIpc) is 2.88. The fourth-order valence-corrected chi connectivity index (χ4v) is 3.60. The van der Waals surface area contributed by atoms with Gasteiger partial charge in [-0.25, -0.2) is 4.79 Å². The number of nitrogens with zero attached hydrogens (tertiary/aromatic N) is 1. The predicted octanol–water partition coefficient (Wildman–Crippen LogP) is 7.77. The Bertz CT molecular complexity index is 1240. The first-order chi connectivity index (χ1) is 16.7. The second kappa shape index (κ2) is 11.8. The van der Waals surface area contributed by atoms with Crippen molar-refractivity contribution in [3.63, 3.8) is 0 Å². The molecule has 0 unspecified atom stereocenters. The number of carbonyl (C=O) groups is 1. The Morgan fingerprint density at radius 2 is 1.53 bits per heavy atom. The zero-order chi connectivity index (χ0) is 23.6. The topological polar surface area (TPSA) is 47.9 Å². The summed E-state index contributed by atoms with van der Waals surface area (Å²) in [5.74, 6) is 0.860. The van der Waals surface area contributed by atoms with E-state index in [0.29, 0.717) is 17.9 Å². The molecule has 0 amide bonds. The molecule has 0 heterocycles. The lowest BCUT2D eigenvalue weighted by Gasteiger charge is -2.08. The van der Waals surface area contributed by atoms with Crippen LogP contribution in [0, 0.1) is 0 Å². The smallest absolute Gasteiger partial charge is 0.343 e. The highest BCUT2D eigenvalue weighted by atomic mass is 16.5. The molecular weight excluding hydrogens is 422 g/mol. The van der Waals surface area contributed by atoms with Gasteiger partial charge in [0.25, 0.3) is 0 Å². The molecule has 0 bridgehead atoms. The summed E-state index contributed by atoms with van der Waals surface area (Å²) in [5, 5.41) is 2.35. The first kappa shape index (κ1) is 23.2. The molecular formula is C30H29NO3. The fourth-order valence-electron chi connectivity index (χ4n) is 3.60. The van der Waals surface area contributed by atoms with Gasteiger partial charge in [0, 0.05) is 6.21 Å². The molecule has 0 saturated heterocycles. The Morgan fingerprint density at radius 1 is 0.794 bits per heavy atom. The molecule has 0 aromatic heterocycles. The van der Waals surface area contributed by atoms with Gasteiger partial charge >= 0.3 is 5.97 Å². The summed E-state index contributed by atoms with van der Waals surface area (Å²) in [7, 11) is 0. The zero-order valence-electron chi connectivity index (χ0n) is 19.4. The Labute approximate surface area is 200 Å². The van der Waals surface area contributed by atoms with Crippen molar-refractivity contribution in [1.82, 2.24) is 0 Å². The molecule has 0 aliphatic carbocycles. The van der Waals surface area contributed by atoms with E-state index in [2.05, 4.69) is 36.2 Å². The number of hydrogen-bond donors (Lipinski definition) is 0.